The number of pyridine rings is 1. The van der Waals surface area contributed by atoms with E-state index in [4.69, 9.17) is 14.4 Å². The summed E-state index contributed by atoms with van der Waals surface area (Å²) in [6, 6.07) is 60.8. The highest BCUT2D eigenvalue weighted by atomic mass is 16.3. The maximum atomic E-state index is 12.7. The van der Waals surface area contributed by atoms with Crippen LogP contribution in [0.1, 0.15) is 104 Å². The predicted molar refractivity (Wildman–Crippen MR) is 302 cm³/mol. The Balaban J connectivity index is 1.24. The van der Waals surface area contributed by atoms with Crippen LogP contribution in [0.2, 0.25) is 0 Å². The van der Waals surface area contributed by atoms with Gasteiger partial charge in [0.2, 0.25) is 0 Å². The molecule has 5 heteroatoms. The minimum atomic E-state index is -0.398. The number of phenolic OH excluding ortho intramolecular Hbond substituents is 1. The van der Waals surface area contributed by atoms with Crippen molar-refractivity contribution in [2.75, 3.05) is 0 Å². The van der Waals surface area contributed by atoms with Gasteiger partial charge in [0.05, 0.1) is 22.3 Å². The minimum absolute atomic E-state index is 0.0957. The van der Waals surface area contributed by atoms with Gasteiger partial charge in [-0.05, 0) is 109 Å². The predicted octanol–water partition coefficient (Wildman–Crippen LogP) is 18.1. The summed E-state index contributed by atoms with van der Waals surface area (Å²) in [5, 5.41) is 17.2. The van der Waals surface area contributed by atoms with Crippen molar-refractivity contribution in [1.82, 2.24) is 14.5 Å². The Labute approximate surface area is 423 Å². The lowest BCUT2D eigenvalue weighted by atomic mass is 9.76. The summed E-state index contributed by atoms with van der Waals surface area (Å²) in [5.41, 5.74) is 15.4. The van der Waals surface area contributed by atoms with Crippen LogP contribution < -0.4 is 0 Å². The van der Waals surface area contributed by atoms with Crippen LogP contribution >= 0.6 is 0 Å². The Morgan fingerprint density at radius 3 is 1.89 bits per heavy atom. The van der Waals surface area contributed by atoms with Gasteiger partial charge in [0, 0.05) is 44.6 Å². The molecular weight excluding hydrogens is 879 g/mol. The third kappa shape index (κ3) is 7.96. The Morgan fingerprint density at radius 2 is 1.17 bits per heavy atom. The lowest BCUT2D eigenvalue weighted by Gasteiger charge is -2.28. The fourth-order valence-corrected chi connectivity index (χ4v) is 10.6. The molecule has 0 aliphatic rings. The largest absolute Gasteiger partial charge is 0.507 e. The number of aromatic nitrogens is 3. The molecule has 0 fully saturated rings. The Morgan fingerprint density at radius 1 is 0.486 bits per heavy atom. The van der Waals surface area contributed by atoms with Crippen molar-refractivity contribution >= 4 is 43.7 Å². The van der Waals surface area contributed by atoms with Gasteiger partial charge >= 0.3 is 0 Å². The van der Waals surface area contributed by atoms with Gasteiger partial charge in [-0.3, -0.25) is 9.55 Å². The first kappa shape index (κ1) is 46.6. The molecule has 0 atom stereocenters. The number of para-hydroxylation sites is 1. The van der Waals surface area contributed by atoms with Gasteiger partial charge in [-0.2, -0.15) is 0 Å². The Hall–Kier alpha value is -7.76. The number of rotatable bonds is 7. The van der Waals surface area contributed by atoms with Crippen molar-refractivity contribution in [2.45, 2.75) is 97.8 Å². The normalized spacial score (nSPS) is 12.7. The van der Waals surface area contributed by atoms with E-state index < -0.39 is 5.41 Å². The molecule has 8 aromatic carbocycles. The van der Waals surface area contributed by atoms with E-state index in [-0.39, 0.29) is 22.0 Å². The molecule has 0 saturated carbocycles. The van der Waals surface area contributed by atoms with Crippen molar-refractivity contribution in [1.29, 1.82) is 0 Å². The van der Waals surface area contributed by atoms with E-state index in [9.17, 15) is 5.11 Å². The van der Waals surface area contributed by atoms with Crippen LogP contribution in [0.4, 0.5) is 0 Å². The van der Waals surface area contributed by atoms with E-state index in [1.165, 1.54) is 16.5 Å². The maximum absolute atomic E-state index is 12.7. The number of phenols is 1. The molecule has 72 heavy (non-hydrogen) atoms. The summed E-state index contributed by atoms with van der Waals surface area (Å²) in [6.07, 6.45) is 1.91. The zero-order valence-electron chi connectivity index (χ0n) is 43.4. The summed E-state index contributed by atoms with van der Waals surface area (Å²) in [7, 11) is 0. The molecular formula is C67H63N3O2. The molecule has 3 aromatic heterocycles. The molecule has 0 spiro atoms. The lowest BCUT2D eigenvalue weighted by Crippen LogP contribution is -2.19. The second-order valence-corrected chi connectivity index (χ2v) is 23.3. The molecule has 0 saturated heterocycles. The van der Waals surface area contributed by atoms with E-state index >= 15 is 0 Å². The molecule has 0 aliphatic heterocycles. The quantitative estimate of drug-likeness (QED) is 0.173. The SMILES string of the molecule is CC(C)(C)c1ccc(-n2c(-c3cc(C(C)(C)C)cc(C(C)(C)C)c3O)nc3c(-c4cc(-c5nccc6c5oc5ccc7ccccc7c56)cc(C(C)(C)c5ccccc5)c4)cccc32)c(-c2ccccc2)c1. The van der Waals surface area contributed by atoms with Gasteiger partial charge in [0.1, 0.15) is 22.9 Å². The summed E-state index contributed by atoms with van der Waals surface area (Å²) >= 11 is 0. The average Bonchev–Trinajstić information content (AvgIpc) is 3.95. The second kappa shape index (κ2) is 16.9. The fourth-order valence-electron chi connectivity index (χ4n) is 10.6. The highest BCUT2D eigenvalue weighted by molar-refractivity contribution is 6.20. The van der Waals surface area contributed by atoms with Crippen molar-refractivity contribution in [3.8, 4) is 56.3 Å². The molecule has 11 rings (SSSR count). The number of benzene rings is 8. The molecule has 0 radical (unpaired) electrons. The molecule has 0 unspecified atom stereocenters. The average molecular weight is 942 g/mol. The number of nitrogens with zero attached hydrogens (tertiary/aromatic N) is 3. The van der Waals surface area contributed by atoms with Crippen LogP contribution in [-0.4, -0.2) is 19.6 Å². The standard InChI is InChI=1S/C67H63N3O2/c1-64(2,3)46-30-31-55(52(38-46)41-21-14-12-15-22-41)70-56-28-20-27-50(60(56)69-63(70)53-39-47(65(4,5)6)40-54(61(53)71)66(7,8)9)43-35-44(37-48(36-43)67(10,11)45-24-16-13-17-25-45)59-62-51(33-34-68-59)58-49-26-19-18-23-42(49)29-32-57(58)72-62/h12-40,71H,1-11H3. The summed E-state index contributed by atoms with van der Waals surface area (Å²) in [4.78, 5) is 10.9. The number of fused-ring (bicyclic) bond motifs is 6. The van der Waals surface area contributed by atoms with E-state index in [1.807, 2.05) is 6.20 Å². The van der Waals surface area contributed by atoms with E-state index in [2.05, 4.69) is 251 Å². The van der Waals surface area contributed by atoms with E-state index in [0.717, 1.165) is 94.2 Å². The van der Waals surface area contributed by atoms with Crippen LogP contribution in [0.15, 0.2) is 180 Å². The van der Waals surface area contributed by atoms with Crippen molar-refractivity contribution in [3.05, 3.63) is 204 Å². The summed E-state index contributed by atoms with van der Waals surface area (Å²) < 4.78 is 9.14. The number of aromatic hydroxyl groups is 1. The van der Waals surface area contributed by atoms with Crippen LogP contribution in [0, 0.1) is 0 Å². The molecule has 1 N–H and O–H groups in total. The van der Waals surface area contributed by atoms with Gasteiger partial charge in [-0.1, -0.05) is 197 Å². The molecule has 0 bridgehead atoms. The van der Waals surface area contributed by atoms with Crippen molar-refractivity contribution in [3.63, 3.8) is 0 Å². The zero-order chi connectivity index (χ0) is 50.5. The van der Waals surface area contributed by atoms with E-state index in [0.29, 0.717) is 11.4 Å². The van der Waals surface area contributed by atoms with Crippen LogP contribution in [-0.2, 0) is 21.7 Å². The highest BCUT2D eigenvalue weighted by Crippen LogP contribution is 2.47. The Kier molecular flexibility index (Phi) is 11.0. The molecule has 5 nitrogen and oxygen atoms in total. The first-order valence-electron chi connectivity index (χ1n) is 25.3. The first-order valence-corrected chi connectivity index (χ1v) is 25.3. The molecule has 0 amide bonds. The number of imidazole rings is 1. The van der Waals surface area contributed by atoms with Gasteiger partial charge in [0.25, 0.3) is 0 Å². The monoisotopic (exact) mass is 941 g/mol. The van der Waals surface area contributed by atoms with Crippen LogP contribution in [0.3, 0.4) is 0 Å². The third-order valence-electron chi connectivity index (χ3n) is 14.9. The van der Waals surface area contributed by atoms with Gasteiger partial charge < -0.3 is 9.52 Å². The topological polar surface area (TPSA) is 64.1 Å². The summed E-state index contributed by atoms with van der Waals surface area (Å²) in [6.45, 7) is 24.6. The molecule has 11 aromatic rings. The highest BCUT2D eigenvalue weighted by Gasteiger charge is 2.31. The number of furan rings is 1. The molecule has 0 aliphatic carbocycles. The van der Waals surface area contributed by atoms with Gasteiger partial charge in [-0.15, -0.1) is 0 Å². The summed E-state index contributed by atoms with van der Waals surface area (Å²) in [5.74, 6) is 0.919. The smallest absolute Gasteiger partial charge is 0.161 e. The second-order valence-electron chi connectivity index (χ2n) is 23.3. The first-order chi connectivity index (χ1) is 34.3. The number of hydrogen-bond acceptors (Lipinski definition) is 4. The van der Waals surface area contributed by atoms with E-state index in [1.54, 1.807) is 0 Å². The van der Waals surface area contributed by atoms with Gasteiger partial charge in [-0.25, -0.2) is 4.98 Å². The molecule has 3 heterocycles. The maximum Gasteiger partial charge on any atom is 0.161 e. The third-order valence-corrected chi connectivity index (χ3v) is 14.9. The van der Waals surface area contributed by atoms with Gasteiger partial charge in [0.15, 0.2) is 5.58 Å². The van der Waals surface area contributed by atoms with Crippen LogP contribution in [0.5, 0.6) is 5.75 Å². The van der Waals surface area contributed by atoms with Crippen molar-refractivity contribution in [2.24, 2.45) is 0 Å². The number of hydrogen-bond donors (Lipinski definition) is 1. The fraction of sp³-hybridized carbons (Fsp3) is 0.224. The lowest BCUT2D eigenvalue weighted by molar-refractivity contribution is 0.446. The van der Waals surface area contributed by atoms with Crippen molar-refractivity contribution < 1.29 is 9.52 Å². The molecule has 358 valence electrons. The minimum Gasteiger partial charge on any atom is -0.507 e. The Bertz CT molecular complexity index is 3890. The zero-order valence-corrected chi connectivity index (χ0v) is 43.4. The van der Waals surface area contributed by atoms with Crippen LogP contribution in [0.25, 0.3) is 94.3 Å².